The maximum atomic E-state index is 12.9. The van der Waals surface area contributed by atoms with E-state index < -0.39 is 0 Å². The third-order valence-corrected chi connectivity index (χ3v) is 6.64. The summed E-state index contributed by atoms with van der Waals surface area (Å²) in [7, 11) is 1.57. The summed E-state index contributed by atoms with van der Waals surface area (Å²) in [5.74, 6) is 0.692. The first-order valence-corrected chi connectivity index (χ1v) is 10.00. The van der Waals surface area contributed by atoms with E-state index in [1.807, 2.05) is 0 Å². The van der Waals surface area contributed by atoms with Gasteiger partial charge in [0.15, 0.2) is 0 Å². The minimum Gasteiger partial charge on any atom is -0.497 e. The van der Waals surface area contributed by atoms with E-state index >= 15 is 0 Å². The maximum absolute atomic E-state index is 12.9. The first-order valence-electron chi connectivity index (χ1n) is 10.00. The Morgan fingerprint density at radius 3 is 2.28 bits per heavy atom. The minimum absolute atomic E-state index is 0.0687. The van der Waals surface area contributed by atoms with Crippen LogP contribution in [0.25, 0.3) is 0 Å². The molecule has 2 bridgehead atoms. The van der Waals surface area contributed by atoms with Gasteiger partial charge >= 0.3 is 0 Å². The standard InChI is InChI=1S/C23H22N2O4/c1-29-18-4-2-3-16(12-18)24-21(26)13-7-9-17(10-8-13)25-22(27)19-14-5-6-15(11-14)20(19)23(25)28/h2-4,7-10,12,14-15,19-20H,5-6,11H2,1H3,(H,24,26)/t14-,15+,19-,20+. The minimum atomic E-state index is -0.265. The van der Waals surface area contributed by atoms with Gasteiger partial charge in [-0.05, 0) is 67.5 Å². The molecule has 0 spiro atoms. The van der Waals surface area contributed by atoms with Crippen molar-refractivity contribution in [2.75, 3.05) is 17.3 Å². The van der Waals surface area contributed by atoms with Crippen LogP contribution in [0.3, 0.4) is 0 Å². The third-order valence-electron chi connectivity index (χ3n) is 6.64. The van der Waals surface area contributed by atoms with Crippen LogP contribution in [0.5, 0.6) is 5.75 Å². The molecule has 1 aliphatic heterocycles. The number of benzene rings is 2. The molecule has 6 heteroatoms. The molecule has 1 heterocycles. The Kier molecular flexibility index (Phi) is 4.15. The normalized spacial score (nSPS) is 27.3. The van der Waals surface area contributed by atoms with Gasteiger partial charge in [0.05, 0.1) is 24.6 Å². The quantitative estimate of drug-likeness (QED) is 0.811. The lowest BCUT2D eigenvalue weighted by molar-refractivity contribution is -0.123. The molecule has 148 valence electrons. The fraction of sp³-hybridized carbons (Fsp3) is 0.348. The zero-order valence-electron chi connectivity index (χ0n) is 16.1. The molecular formula is C23H22N2O4. The fourth-order valence-electron chi connectivity index (χ4n) is 5.33. The van der Waals surface area contributed by atoms with Crippen LogP contribution >= 0.6 is 0 Å². The second-order valence-electron chi connectivity index (χ2n) is 8.13. The molecule has 4 atom stereocenters. The van der Waals surface area contributed by atoms with Gasteiger partial charge in [-0.25, -0.2) is 0 Å². The third kappa shape index (κ3) is 2.82. The van der Waals surface area contributed by atoms with Crippen LogP contribution in [0, 0.1) is 23.7 Å². The van der Waals surface area contributed by atoms with E-state index in [2.05, 4.69) is 5.32 Å². The lowest BCUT2D eigenvalue weighted by atomic mass is 9.81. The van der Waals surface area contributed by atoms with Gasteiger partial charge in [-0.2, -0.15) is 0 Å². The number of nitrogens with one attached hydrogen (secondary N) is 1. The summed E-state index contributed by atoms with van der Waals surface area (Å²) < 4.78 is 5.17. The van der Waals surface area contributed by atoms with Crippen molar-refractivity contribution in [1.82, 2.24) is 0 Å². The molecule has 29 heavy (non-hydrogen) atoms. The number of hydrogen-bond acceptors (Lipinski definition) is 4. The molecule has 0 unspecified atom stereocenters. The van der Waals surface area contributed by atoms with Crippen LogP contribution in [0.4, 0.5) is 11.4 Å². The van der Waals surface area contributed by atoms with Crippen molar-refractivity contribution in [2.24, 2.45) is 23.7 Å². The lowest BCUT2D eigenvalue weighted by Gasteiger charge is -2.19. The number of methoxy groups -OCH3 is 1. The number of ether oxygens (including phenoxy) is 1. The number of anilines is 2. The van der Waals surface area contributed by atoms with Crippen molar-refractivity contribution in [2.45, 2.75) is 19.3 Å². The van der Waals surface area contributed by atoms with Crippen LogP contribution in [0.15, 0.2) is 48.5 Å². The van der Waals surface area contributed by atoms with E-state index in [1.54, 1.807) is 55.6 Å². The van der Waals surface area contributed by atoms with Crippen LogP contribution < -0.4 is 15.0 Å². The topological polar surface area (TPSA) is 75.7 Å². The van der Waals surface area contributed by atoms with E-state index in [9.17, 15) is 14.4 Å². The molecule has 0 aromatic heterocycles. The van der Waals surface area contributed by atoms with Gasteiger partial charge in [0.1, 0.15) is 5.75 Å². The van der Waals surface area contributed by atoms with Crippen molar-refractivity contribution in [1.29, 1.82) is 0 Å². The Morgan fingerprint density at radius 1 is 1.00 bits per heavy atom. The second-order valence-corrected chi connectivity index (χ2v) is 8.13. The van der Waals surface area contributed by atoms with Gasteiger partial charge in [-0.1, -0.05) is 6.07 Å². The van der Waals surface area contributed by atoms with E-state index in [-0.39, 0.29) is 29.6 Å². The highest BCUT2D eigenvalue weighted by Gasteiger charge is 2.61. The predicted octanol–water partition coefficient (Wildman–Crippen LogP) is 3.48. The van der Waals surface area contributed by atoms with E-state index in [0.29, 0.717) is 34.5 Å². The molecule has 2 aliphatic carbocycles. The van der Waals surface area contributed by atoms with Gasteiger partial charge < -0.3 is 10.1 Å². The van der Waals surface area contributed by atoms with Gasteiger partial charge in [0.2, 0.25) is 11.8 Å². The SMILES string of the molecule is COc1cccc(NC(=O)c2ccc(N3C(=O)[C@@H]4[C@@H]5CC[C@@H](C5)[C@@H]4C3=O)cc2)c1. The van der Waals surface area contributed by atoms with Crippen LogP contribution in [0.1, 0.15) is 29.6 Å². The molecule has 1 N–H and O–H groups in total. The van der Waals surface area contributed by atoms with Gasteiger partial charge in [0, 0.05) is 17.3 Å². The molecule has 6 nitrogen and oxygen atoms in total. The Morgan fingerprint density at radius 2 is 1.66 bits per heavy atom. The van der Waals surface area contributed by atoms with E-state index in [1.165, 1.54) is 4.90 Å². The molecule has 3 fully saturated rings. The smallest absolute Gasteiger partial charge is 0.255 e. The van der Waals surface area contributed by atoms with Crippen molar-refractivity contribution in [3.8, 4) is 5.75 Å². The molecule has 2 saturated carbocycles. The predicted molar refractivity (Wildman–Crippen MR) is 108 cm³/mol. The average molecular weight is 390 g/mol. The average Bonchev–Trinajstić information content (AvgIpc) is 3.42. The molecular weight excluding hydrogens is 368 g/mol. The summed E-state index contributed by atoms with van der Waals surface area (Å²) >= 11 is 0. The fourth-order valence-corrected chi connectivity index (χ4v) is 5.33. The van der Waals surface area contributed by atoms with Crippen LogP contribution in [0.2, 0.25) is 0 Å². The molecule has 3 amide bonds. The van der Waals surface area contributed by atoms with Gasteiger partial charge in [-0.15, -0.1) is 0 Å². The number of amides is 3. The highest BCUT2D eigenvalue weighted by Crippen LogP contribution is 2.56. The van der Waals surface area contributed by atoms with Crippen LogP contribution in [-0.4, -0.2) is 24.8 Å². The Balaban J connectivity index is 1.33. The van der Waals surface area contributed by atoms with E-state index in [0.717, 1.165) is 19.3 Å². The number of rotatable bonds is 4. The monoisotopic (exact) mass is 390 g/mol. The number of nitrogens with zero attached hydrogens (tertiary/aromatic N) is 1. The lowest BCUT2D eigenvalue weighted by Crippen LogP contribution is -2.32. The van der Waals surface area contributed by atoms with Crippen LogP contribution in [-0.2, 0) is 9.59 Å². The van der Waals surface area contributed by atoms with Gasteiger partial charge in [0.25, 0.3) is 5.91 Å². The number of fused-ring (bicyclic) bond motifs is 5. The Labute approximate surface area is 168 Å². The molecule has 1 saturated heterocycles. The summed E-state index contributed by atoms with van der Waals surface area (Å²) in [5.41, 5.74) is 1.63. The first-order chi connectivity index (χ1) is 14.1. The number of hydrogen-bond donors (Lipinski definition) is 1. The summed E-state index contributed by atoms with van der Waals surface area (Å²) in [4.78, 5) is 39.7. The summed E-state index contributed by atoms with van der Waals surface area (Å²) in [6, 6.07) is 13.8. The summed E-state index contributed by atoms with van der Waals surface area (Å²) in [6.07, 6.45) is 3.13. The van der Waals surface area contributed by atoms with E-state index in [4.69, 9.17) is 4.74 Å². The molecule has 2 aromatic carbocycles. The zero-order chi connectivity index (χ0) is 20.1. The first kappa shape index (κ1) is 17.9. The summed E-state index contributed by atoms with van der Waals surface area (Å²) in [5, 5.41) is 2.83. The second kappa shape index (κ2) is 6.72. The number of carbonyl (C=O) groups is 3. The largest absolute Gasteiger partial charge is 0.497 e. The molecule has 5 rings (SSSR count). The van der Waals surface area contributed by atoms with Crippen molar-refractivity contribution >= 4 is 29.1 Å². The van der Waals surface area contributed by atoms with Gasteiger partial charge in [-0.3, -0.25) is 19.3 Å². The number of carbonyl (C=O) groups excluding carboxylic acids is 3. The molecule has 2 aromatic rings. The van der Waals surface area contributed by atoms with Crippen molar-refractivity contribution in [3.63, 3.8) is 0 Å². The molecule has 0 radical (unpaired) electrons. The highest BCUT2D eigenvalue weighted by atomic mass is 16.5. The maximum Gasteiger partial charge on any atom is 0.255 e. The molecule has 3 aliphatic rings. The highest BCUT2D eigenvalue weighted by molar-refractivity contribution is 6.22. The van der Waals surface area contributed by atoms with Crippen molar-refractivity contribution < 1.29 is 19.1 Å². The van der Waals surface area contributed by atoms with Crippen molar-refractivity contribution in [3.05, 3.63) is 54.1 Å². The summed E-state index contributed by atoms with van der Waals surface area (Å²) in [6.45, 7) is 0. The zero-order valence-corrected chi connectivity index (χ0v) is 16.1. The Hall–Kier alpha value is -3.15. The Bertz CT molecular complexity index is 972. The number of imide groups is 1.